The van der Waals surface area contributed by atoms with Crippen LogP contribution in [0.4, 0.5) is 0 Å². The van der Waals surface area contributed by atoms with E-state index in [1.165, 1.54) is 22.9 Å². The molecule has 0 aliphatic carbocycles. The third kappa shape index (κ3) is 3.29. The van der Waals surface area contributed by atoms with Gasteiger partial charge in [0.25, 0.3) is 5.91 Å². The van der Waals surface area contributed by atoms with Gasteiger partial charge in [0.15, 0.2) is 0 Å². The van der Waals surface area contributed by atoms with Crippen LogP contribution in [0.1, 0.15) is 16.1 Å². The Hall–Kier alpha value is -2.54. The minimum Gasteiger partial charge on any atom is -0.391 e. The number of nitrogens with zero attached hydrogens (tertiary/aromatic N) is 4. The van der Waals surface area contributed by atoms with Crippen molar-refractivity contribution in [2.24, 2.45) is 13.0 Å². The highest BCUT2D eigenvalue weighted by Gasteiger charge is 2.34. The molecule has 1 amide bonds. The molecule has 23 heavy (non-hydrogen) atoms. The average molecular weight is 314 g/mol. The third-order valence-corrected chi connectivity index (χ3v) is 4.11. The van der Waals surface area contributed by atoms with E-state index in [0.717, 1.165) is 5.69 Å². The number of likely N-dealkylation sites (tertiary alicyclic amines) is 1. The summed E-state index contributed by atoms with van der Waals surface area (Å²) in [6.45, 7) is 0.742. The Morgan fingerprint density at radius 3 is 2.87 bits per heavy atom. The second-order valence-corrected chi connectivity index (χ2v) is 5.81. The van der Waals surface area contributed by atoms with E-state index < -0.39 is 6.10 Å². The molecule has 2 atom stereocenters. The van der Waals surface area contributed by atoms with Gasteiger partial charge in [0.05, 0.1) is 17.4 Å². The number of carbonyl (C=O) groups is 1. The molecule has 0 bridgehead atoms. The molecule has 3 rings (SSSR count). The molecule has 1 aliphatic heterocycles. The highest BCUT2D eigenvalue weighted by atomic mass is 16.3. The highest BCUT2D eigenvalue weighted by Crippen LogP contribution is 2.22. The molecule has 3 heterocycles. The first-order chi connectivity index (χ1) is 11.0. The van der Waals surface area contributed by atoms with Crippen LogP contribution in [-0.2, 0) is 13.5 Å². The monoisotopic (exact) mass is 314 g/mol. The number of carbonyl (C=O) groups excluding carboxylic acids is 1. The van der Waals surface area contributed by atoms with Gasteiger partial charge in [0.1, 0.15) is 0 Å². The summed E-state index contributed by atoms with van der Waals surface area (Å²) < 4.78 is 1.37. The first kappa shape index (κ1) is 15.4. The van der Waals surface area contributed by atoms with Gasteiger partial charge in [-0.3, -0.25) is 19.6 Å². The summed E-state index contributed by atoms with van der Waals surface area (Å²) in [5.41, 5.74) is 1.08. The van der Waals surface area contributed by atoms with Crippen molar-refractivity contribution >= 4 is 5.91 Å². The number of β-amino-alcohol motifs (C(OH)–C–C–N with tert-alkyl or cyclic N) is 1. The van der Waals surface area contributed by atoms with E-state index in [2.05, 4.69) is 9.97 Å². The molecule has 0 saturated carbocycles. The van der Waals surface area contributed by atoms with Crippen LogP contribution in [0.3, 0.4) is 0 Å². The molecule has 0 aromatic carbocycles. The van der Waals surface area contributed by atoms with Crippen LogP contribution in [0, 0.1) is 5.92 Å². The Morgan fingerprint density at radius 2 is 2.17 bits per heavy atom. The molecule has 1 saturated heterocycles. The zero-order chi connectivity index (χ0) is 16.4. The minimum absolute atomic E-state index is 0.0665. The van der Waals surface area contributed by atoms with Crippen LogP contribution in [0.15, 0.2) is 41.7 Å². The number of rotatable bonds is 3. The summed E-state index contributed by atoms with van der Waals surface area (Å²) in [5, 5.41) is 10.2. The first-order valence-corrected chi connectivity index (χ1v) is 7.43. The number of aryl methyl sites for hydroxylation is 1. The Labute approximate surface area is 133 Å². The second kappa shape index (κ2) is 6.29. The van der Waals surface area contributed by atoms with Crippen LogP contribution in [-0.4, -0.2) is 49.6 Å². The summed E-state index contributed by atoms with van der Waals surface area (Å²) in [5.74, 6) is -0.246. The van der Waals surface area contributed by atoms with Gasteiger partial charge in [0, 0.05) is 56.9 Å². The SMILES string of the molecule is Cn1cc(C(=O)N2C[C@@H](Cc3cnccn3)[C@H](O)C2)ccc1=O. The van der Waals surface area contributed by atoms with Crippen molar-refractivity contribution in [3.05, 3.63) is 58.5 Å². The Balaban J connectivity index is 1.71. The lowest BCUT2D eigenvalue weighted by Crippen LogP contribution is -2.30. The molecule has 2 aromatic heterocycles. The zero-order valence-electron chi connectivity index (χ0n) is 12.8. The fraction of sp³-hybridized carbons (Fsp3) is 0.375. The van der Waals surface area contributed by atoms with Gasteiger partial charge in [-0.05, 0) is 12.5 Å². The predicted octanol–water partition coefficient (Wildman–Crippen LogP) is -0.149. The van der Waals surface area contributed by atoms with E-state index in [-0.39, 0.29) is 23.9 Å². The molecule has 7 heteroatoms. The molecular formula is C16H18N4O3. The molecule has 1 fully saturated rings. The van der Waals surface area contributed by atoms with Crippen molar-refractivity contribution in [1.29, 1.82) is 0 Å². The Morgan fingerprint density at radius 1 is 1.35 bits per heavy atom. The average Bonchev–Trinajstić information content (AvgIpc) is 2.91. The summed E-state index contributed by atoms with van der Waals surface area (Å²) >= 11 is 0. The van der Waals surface area contributed by atoms with Gasteiger partial charge >= 0.3 is 0 Å². The fourth-order valence-corrected chi connectivity index (χ4v) is 2.83. The summed E-state index contributed by atoms with van der Waals surface area (Å²) in [7, 11) is 1.61. The Kier molecular flexibility index (Phi) is 4.20. The van der Waals surface area contributed by atoms with E-state index in [1.54, 1.807) is 30.5 Å². The van der Waals surface area contributed by atoms with E-state index in [1.807, 2.05) is 0 Å². The number of pyridine rings is 1. The molecule has 120 valence electrons. The van der Waals surface area contributed by atoms with Gasteiger partial charge in [-0.25, -0.2) is 0 Å². The number of aliphatic hydroxyl groups is 1. The first-order valence-electron chi connectivity index (χ1n) is 7.43. The van der Waals surface area contributed by atoms with Gasteiger partial charge in [0.2, 0.25) is 5.56 Å². The minimum atomic E-state index is -0.589. The lowest BCUT2D eigenvalue weighted by molar-refractivity contribution is 0.0763. The van der Waals surface area contributed by atoms with Gasteiger partial charge in [-0.2, -0.15) is 0 Å². The maximum Gasteiger partial charge on any atom is 0.255 e. The van der Waals surface area contributed by atoms with Crippen LogP contribution < -0.4 is 5.56 Å². The molecule has 1 N–H and O–H groups in total. The number of hydrogen-bond donors (Lipinski definition) is 1. The maximum absolute atomic E-state index is 12.5. The normalized spacial score (nSPS) is 20.7. The highest BCUT2D eigenvalue weighted by molar-refractivity contribution is 5.94. The van der Waals surface area contributed by atoms with Crippen LogP contribution in [0.5, 0.6) is 0 Å². The topological polar surface area (TPSA) is 88.3 Å². The molecule has 0 radical (unpaired) electrons. The number of amides is 1. The lowest BCUT2D eigenvalue weighted by atomic mass is 10.0. The molecule has 1 aliphatic rings. The second-order valence-electron chi connectivity index (χ2n) is 5.81. The van der Waals surface area contributed by atoms with Crippen molar-refractivity contribution in [1.82, 2.24) is 19.4 Å². The van der Waals surface area contributed by atoms with E-state index in [9.17, 15) is 14.7 Å². The summed E-state index contributed by atoms with van der Waals surface area (Å²) in [6, 6.07) is 2.89. The summed E-state index contributed by atoms with van der Waals surface area (Å²) in [6.07, 6.45) is 6.39. The van der Waals surface area contributed by atoms with Crippen molar-refractivity contribution in [3.8, 4) is 0 Å². The van der Waals surface area contributed by atoms with Crippen LogP contribution in [0.25, 0.3) is 0 Å². The number of aliphatic hydroxyl groups excluding tert-OH is 1. The standard InChI is InChI=1S/C16H18N4O3/c1-19-8-11(2-3-15(19)22)16(23)20-9-12(14(21)10-20)6-13-7-17-4-5-18-13/h2-5,7-8,12,14,21H,6,9-10H2,1H3/t12-,14-/m1/s1. The van der Waals surface area contributed by atoms with E-state index in [4.69, 9.17) is 0 Å². The number of aromatic nitrogens is 3. The van der Waals surface area contributed by atoms with Crippen LogP contribution >= 0.6 is 0 Å². The van der Waals surface area contributed by atoms with Gasteiger partial charge in [-0.15, -0.1) is 0 Å². The summed E-state index contributed by atoms with van der Waals surface area (Å²) in [4.78, 5) is 33.8. The maximum atomic E-state index is 12.5. The molecule has 7 nitrogen and oxygen atoms in total. The largest absolute Gasteiger partial charge is 0.391 e. The molecule has 0 spiro atoms. The molecule has 2 aromatic rings. The Bertz CT molecular complexity index is 759. The van der Waals surface area contributed by atoms with Gasteiger partial charge in [-0.1, -0.05) is 0 Å². The van der Waals surface area contributed by atoms with Crippen LogP contribution in [0.2, 0.25) is 0 Å². The van der Waals surface area contributed by atoms with Gasteiger partial charge < -0.3 is 14.6 Å². The quantitative estimate of drug-likeness (QED) is 0.851. The van der Waals surface area contributed by atoms with E-state index in [0.29, 0.717) is 18.5 Å². The van der Waals surface area contributed by atoms with Crippen molar-refractivity contribution in [3.63, 3.8) is 0 Å². The van der Waals surface area contributed by atoms with Crippen molar-refractivity contribution in [2.45, 2.75) is 12.5 Å². The predicted molar refractivity (Wildman–Crippen MR) is 82.8 cm³/mol. The van der Waals surface area contributed by atoms with E-state index >= 15 is 0 Å². The molecule has 0 unspecified atom stereocenters. The smallest absolute Gasteiger partial charge is 0.255 e. The number of hydrogen-bond acceptors (Lipinski definition) is 5. The van der Waals surface area contributed by atoms with Crippen molar-refractivity contribution < 1.29 is 9.90 Å². The van der Waals surface area contributed by atoms with Crippen molar-refractivity contribution in [2.75, 3.05) is 13.1 Å². The fourth-order valence-electron chi connectivity index (χ4n) is 2.83. The lowest BCUT2D eigenvalue weighted by Gasteiger charge is -2.16. The molecular weight excluding hydrogens is 296 g/mol. The zero-order valence-corrected chi connectivity index (χ0v) is 12.8. The third-order valence-electron chi connectivity index (χ3n) is 4.11.